The maximum Gasteiger partial charge on any atom is 0.251 e. The minimum absolute atomic E-state index is 0.236. The minimum Gasteiger partial charge on any atom is -0.381 e. The highest BCUT2D eigenvalue weighted by atomic mass is 32.1. The number of aliphatic hydroxyl groups is 1. The molecule has 0 aliphatic heterocycles. The lowest BCUT2D eigenvalue weighted by Crippen LogP contribution is -2.27. The smallest absolute Gasteiger partial charge is 0.251 e. The summed E-state index contributed by atoms with van der Waals surface area (Å²) in [4.78, 5) is 25.8. The van der Waals surface area contributed by atoms with Crippen LogP contribution in [0.25, 0.3) is 11.1 Å². The molecule has 0 saturated heterocycles. The Bertz CT molecular complexity index is 1210. The van der Waals surface area contributed by atoms with Crippen molar-refractivity contribution in [3.8, 4) is 11.1 Å². The largest absolute Gasteiger partial charge is 0.381 e. The molecule has 6 nitrogen and oxygen atoms in total. The summed E-state index contributed by atoms with van der Waals surface area (Å²) in [6.07, 6.45) is 4.18. The van der Waals surface area contributed by atoms with Gasteiger partial charge in [-0.2, -0.15) is 0 Å². The molecule has 2 N–H and O–H groups in total. The molecule has 2 aromatic heterocycles. The third kappa shape index (κ3) is 4.90. The van der Waals surface area contributed by atoms with Gasteiger partial charge in [-0.05, 0) is 55.7 Å². The van der Waals surface area contributed by atoms with Crippen LogP contribution in [0.15, 0.2) is 66.4 Å². The van der Waals surface area contributed by atoms with Gasteiger partial charge in [-0.15, -0.1) is 11.3 Å². The van der Waals surface area contributed by atoms with Crippen LogP contribution >= 0.6 is 11.3 Å². The van der Waals surface area contributed by atoms with Gasteiger partial charge in [0.15, 0.2) is 0 Å². The lowest BCUT2D eigenvalue weighted by Gasteiger charge is -2.17. The van der Waals surface area contributed by atoms with E-state index in [1.54, 1.807) is 24.7 Å². The third-order valence-corrected chi connectivity index (χ3v) is 6.08. The molecule has 0 aliphatic rings. The molecule has 1 amide bonds. The second kappa shape index (κ2) is 9.38. The first kappa shape index (κ1) is 21.8. The topological polar surface area (TPSA) is 88.0 Å². The first-order chi connectivity index (χ1) is 15.4. The van der Waals surface area contributed by atoms with Gasteiger partial charge >= 0.3 is 0 Å². The standard InChI is InChI=1S/C25H24N4O2S/c1-15-4-6-18(7-5-15)19-10-20(23(30)25-26-8-9-32-25)12-21(11-19)24(31)29-16(2)22-13-27-17(3)28-14-22/h4-14,16,23,30H,1-3H3,(H,29,31)/t16-,23?/m1/s1. The van der Waals surface area contributed by atoms with E-state index >= 15 is 0 Å². The van der Waals surface area contributed by atoms with Crippen molar-refractivity contribution in [3.63, 3.8) is 0 Å². The third-order valence-electron chi connectivity index (χ3n) is 5.25. The first-order valence-electron chi connectivity index (χ1n) is 10.3. The molecule has 0 aliphatic carbocycles. The van der Waals surface area contributed by atoms with Crippen molar-refractivity contribution < 1.29 is 9.90 Å². The van der Waals surface area contributed by atoms with Crippen LogP contribution in [0.5, 0.6) is 0 Å². The maximum atomic E-state index is 13.1. The molecule has 4 aromatic rings. The zero-order valence-electron chi connectivity index (χ0n) is 18.1. The molecule has 0 saturated carbocycles. The quantitative estimate of drug-likeness (QED) is 0.446. The molecule has 4 rings (SSSR count). The summed E-state index contributed by atoms with van der Waals surface area (Å²) in [6.45, 7) is 5.74. The lowest BCUT2D eigenvalue weighted by atomic mass is 9.96. The molecular weight excluding hydrogens is 420 g/mol. The fourth-order valence-electron chi connectivity index (χ4n) is 3.35. The fraction of sp³-hybridized carbons (Fsp3) is 0.200. The van der Waals surface area contributed by atoms with E-state index in [9.17, 15) is 9.90 Å². The number of carbonyl (C=O) groups excluding carboxylic acids is 1. The number of aromatic nitrogens is 3. The monoisotopic (exact) mass is 444 g/mol. The molecule has 2 heterocycles. The van der Waals surface area contributed by atoms with Gasteiger partial charge in [0.2, 0.25) is 0 Å². The number of hydrogen-bond donors (Lipinski definition) is 2. The molecule has 1 unspecified atom stereocenters. The van der Waals surface area contributed by atoms with E-state index in [0.717, 1.165) is 22.3 Å². The van der Waals surface area contributed by atoms with Crippen molar-refractivity contribution in [1.29, 1.82) is 0 Å². The van der Waals surface area contributed by atoms with Crippen LogP contribution in [0.4, 0.5) is 0 Å². The van der Waals surface area contributed by atoms with Crippen LogP contribution in [0.1, 0.15) is 56.9 Å². The van der Waals surface area contributed by atoms with Gasteiger partial charge in [0.1, 0.15) is 16.9 Å². The second-order valence-corrected chi connectivity index (χ2v) is 8.67. The zero-order valence-corrected chi connectivity index (χ0v) is 18.9. The molecule has 32 heavy (non-hydrogen) atoms. The van der Waals surface area contributed by atoms with Crippen LogP contribution in [0, 0.1) is 13.8 Å². The van der Waals surface area contributed by atoms with Gasteiger partial charge in [0.25, 0.3) is 5.91 Å². The summed E-state index contributed by atoms with van der Waals surface area (Å²) < 4.78 is 0. The Morgan fingerprint density at radius 3 is 2.34 bits per heavy atom. The molecule has 162 valence electrons. The number of hydrogen-bond acceptors (Lipinski definition) is 6. The van der Waals surface area contributed by atoms with Crippen molar-refractivity contribution >= 4 is 17.2 Å². The molecule has 0 fully saturated rings. The zero-order chi connectivity index (χ0) is 22.7. The van der Waals surface area contributed by atoms with Crippen molar-refractivity contribution in [3.05, 3.63) is 99.5 Å². The minimum atomic E-state index is -0.908. The van der Waals surface area contributed by atoms with E-state index in [-0.39, 0.29) is 11.9 Å². The van der Waals surface area contributed by atoms with Crippen LogP contribution in [-0.2, 0) is 0 Å². The number of nitrogens with one attached hydrogen (secondary N) is 1. The van der Waals surface area contributed by atoms with E-state index in [1.165, 1.54) is 11.3 Å². The van der Waals surface area contributed by atoms with Crippen LogP contribution in [0.2, 0.25) is 0 Å². The fourth-order valence-corrected chi connectivity index (χ4v) is 4.00. The summed E-state index contributed by atoms with van der Waals surface area (Å²) in [5.41, 5.74) is 4.89. The van der Waals surface area contributed by atoms with Gasteiger partial charge in [0.05, 0.1) is 6.04 Å². The van der Waals surface area contributed by atoms with Gasteiger partial charge in [-0.25, -0.2) is 15.0 Å². The summed E-state index contributed by atoms with van der Waals surface area (Å²) in [6, 6.07) is 13.3. The molecule has 0 spiro atoms. The Kier molecular flexibility index (Phi) is 6.39. The van der Waals surface area contributed by atoms with Crippen LogP contribution < -0.4 is 5.32 Å². The lowest BCUT2D eigenvalue weighted by molar-refractivity contribution is 0.0939. The highest BCUT2D eigenvalue weighted by Gasteiger charge is 2.19. The number of rotatable bonds is 6. The highest BCUT2D eigenvalue weighted by Crippen LogP contribution is 2.30. The normalized spacial score (nSPS) is 12.9. The average molecular weight is 445 g/mol. The Morgan fingerprint density at radius 2 is 1.69 bits per heavy atom. The number of nitrogens with zero attached hydrogens (tertiary/aromatic N) is 3. The number of aliphatic hydroxyl groups excluding tert-OH is 1. The van der Waals surface area contributed by atoms with Crippen molar-refractivity contribution in [2.24, 2.45) is 0 Å². The van der Waals surface area contributed by atoms with Crippen molar-refractivity contribution in [2.45, 2.75) is 32.9 Å². The second-order valence-electron chi connectivity index (χ2n) is 7.74. The highest BCUT2D eigenvalue weighted by molar-refractivity contribution is 7.09. The number of carbonyl (C=O) groups is 1. The van der Waals surface area contributed by atoms with Crippen molar-refractivity contribution in [2.75, 3.05) is 0 Å². The SMILES string of the molecule is Cc1ccc(-c2cc(C(=O)N[C@H](C)c3cnc(C)nc3)cc(C(O)c3nccs3)c2)cc1. The van der Waals surface area contributed by atoms with Crippen LogP contribution in [0.3, 0.4) is 0 Å². The number of thiazole rings is 1. The van der Waals surface area contributed by atoms with Crippen LogP contribution in [-0.4, -0.2) is 26.0 Å². The molecule has 0 radical (unpaired) electrons. The number of benzene rings is 2. The van der Waals surface area contributed by atoms with E-state index in [0.29, 0.717) is 22.0 Å². The Morgan fingerprint density at radius 1 is 0.969 bits per heavy atom. The van der Waals surface area contributed by atoms with E-state index < -0.39 is 6.10 Å². The summed E-state index contributed by atoms with van der Waals surface area (Å²) in [7, 11) is 0. The van der Waals surface area contributed by atoms with Crippen molar-refractivity contribution in [1.82, 2.24) is 20.3 Å². The molecule has 0 bridgehead atoms. The number of amides is 1. The Labute approximate surface area is 191 Å². The molecular formula is C25H24N4O2S. The van der Waals surface area contributed by atoms with E-state index in [2.05, 4.69) is 20.3 Å². The Hall–Kier alpha value is -3.42. The predicted molar refractivity (Wildman–Crippen MR) is 125 cm³/mol. The van der Waals surface area contributed by atoms with E-state index in [1.807, 2.05) is 62.5 Å². The molecule has 7 heteroatoms. The summed E-state index contributed by atoms with van der Waals surface area (Å²) in [5.74, 6) is 0.443. The summed E-state index contributed by atoms with van der Waals surface area (Å²) >= 11 is 1.38. The number of aryl methyl sites for hydroxylation is 2. The molecule has 2 aromatic carbocycles. The maximum absolute atomic E-state index is 13.1. The van der Waals surface area contributed by atoms with E-state index in [4.69, 9.17) is 0 Å². The van der Waals surface area contributed by atoms with Gasteiger partial charge in [-0.1, -0.05) is 29.8 Å². The Balaban J connectivity index is 1.68. The summed E-state index contributed by atoms with van der Waals surface area (Å²) in [5, 5.41) is 16.3. The molecule has 2 atom stereocenters. The van der Waals surface area contributed by atoms with Gasteiger partial charge < -0.3 is 10.4 Å². The van der Waals surface area contributed by atoms with Gasteiger partial charge in [-0.3, -0.25) is 4.79 Å². The first-order valence-corrected chi connectivity index (χ1v) is 11.2. The predicted octanol–water partition coefficient (Wildman–Crippen LogP) is 4.79. The van der Waals surface area contributed by atoms with Gasteiger partial charge in [0, 0.05) is 35.1 Å². The average Bonchev–Trinajstić information content (AvgIpc) is 3.34.